The molecule has 39 heavy (non-hydrogen) atoms. The molecular weight excluding hydrogens is 484 g/mol. The molecule has 4 fully saturated rings. The van der Waals surface area contributed by atoms with E-state index < -0.39 is 0 Å². The molecule has 8 atom stereocenters. The molecular formula is C34H56N2O3. The third kappa shape index (κ3) is 4.09. The Balaban J connectivity index is 1.51. The molecule has 0 aliphatic heterocycles. The van der Waals surface area contributed by atoms with Gasteiger partial charge in [-0.15, -0.1) is 0 Å². The zero-order valence-electron chi connectivity index (χ0n) is 26.4. The van der Waals surface area contributed by atoms with Crippen molar-refractivity contribution in [3.8, 4) is 0 Å². The lowest BCUT2D eigenvalue weighted by atomic mass is 9.33. The molecule has 5 nitrogen and oxygen atoms in total. The third-order valence-electron chi connectivity index (χ3n) is 13.8. The predicted octanol–water partition coefficient (Wildman–Crippen LogP) is 7.36. The summed E-state index contributed by atoms with van der Waals surface area (Å²) in [5.74, 6) is 2.40. The van der Waals surface area contributed by atoms with Gasteiger partial charge in [-0.05, 0) is 104 Å². The van der Waals surface area contributed by atoms with E-state index in [-0.39, 0.29) is 45.1 Å². The van der Waals surface area contributed by atoms with Gasteiger partial charge in [-0.2, -0.15) is 0 Å². The van der Waals surface area contributed by atoms with Gasteiger partial charge in [0, 0.05) is 31.2 Å². The number of hydrogen-bond donors (Lipinski definition) is 2. The summed E-state index contributed by atoms with van der Waals surface area (Å²) in [4.78, 5) is 24.9. The van der Waals surface area contributed by atoms with Crippen molar-refractivity contribution in [1.29, 1.82) is 0 Å². The van der Waals surface area contributed by atoms with Gasteiger partial charge in [0.25, 0.3) is 0 Å². The van der Waals surface area contributed by atoms with Crippen molar-refractivity contribution in [2.75, 3.05) is 7.05 Å². The number of carbonyl (C=O) groups excluding carboxylic acids is 2. The van der Waals surface area contributed by atoms with Crippen LogP contribution < -0.4 is 10.9 Å². The maximum absolute atomic E-state index is 13.0. The summed E-state index contributed by atoms with van der Waals surface area (Å²) in [5, 5.41) is 0. The molecule has 4 saturated carbocycles. The highest BCUT2D eigenvalue weighted by atomic mass is 16.5. The standard InChI is InChI=1S/C34H56N2O3/c1-21(2)23-12-17-34(20-28(38)36-35-9)19-18-32(7)24(29(23)34)10-11-26-31(6)15-14-27(39-22(3)37)30(4,5)25(31)13-16-33(26,32)8/h21,24-27,35H,10-20H2,1-9H3,(H,36,38)/t24-,25+,26-,27+,31+,32-,33-,34-/m1/s1. The first-order valence-corrected chi connectivity index (χ1v) is 16.0. The van der Waals surface area contributed by atoms with Gasteiger partial charge in [0.1, 0.15) is 6.10 Å². The number of nitrogens with one attached hydrogen (secondary N) is 2. The van der Waals surface area contributed by atoms with E-state index in [2.05, 4.69) is 59.3 Å². The van der Waals surface area contributed by atoms with Gasteiger partial charge in [0.05, 0.1) is 0 Å². The number of hydrazine groups is 1. The topological polar surface area (TPSA) is 67.4 Å². The number of fused-ring (bicyclic) bond motifs is 7. The molecule has 5 aliphatic carbocycles. The highest BCUT2D eigenvalue weighted by molar-refractivity contribution is 5.77. The fourth-order valence-electron chi connectivity index (χ4n) is 11.9. The van der Waals surface area contributed by atoms with Crippen molar-refractivity contribution >= 4 is 11.9 Å². The first-order chi connectivity index (χ1) is 18.2. The van der Waals surface area contributed by atoms with Crippen LogP contribution in [0, 0.1) is 50.7 Å². The highest BCUT2D eigenvalue weighted by Gasteiger charge is 2.69. The largest absolute Gasteiger partial charge is 0.462 e. The molecule has 5 rings (SSSR count). The van der Waals surface area contributed by atoms with E-state index in [0.717, 1.165) is 32.1 Å². The van der Waals surface area contributed by atoms with Crippen LogP contribution in [-0.2, 0) is 14.3 Å². The second-order valence-electron chi connectivity index (χ2n) is 15.9. The van der Waals surface area contributed by atoms with Crippen LogP contribution >= 0.6 is 0 Å². The second-order valence-corrected chi connectivity index (χ2v) is 15.9. The summed E-state index contributed by atoms with van der Waals surface area (Å²) in [5.41, 5.74) is 10.0. The molecule has 0 bridgehead atoms. The van der Waals surface area contributed by atoms with E-state index >= 15 is 0 Å². The van der Waals surface area contributed by atoms with Crippen LogP contribution in [0.25, 0.3) is 0 Å². The van der Waals surface area contributed by atoms with Crippen LogP contribution in [0.4, 0.5) is 0 Å². The molecule has 0 heterocycles. The van der Waals surface area contributed by atoms with E-state index in [1.165, 1.54) is 32.1 Å². The van der Waals surface area contributed by atoms with E-state index in [1.807, 2.05) is 0 Å². The third-order valence-corrected chi connectivity index (χ3v) is 13.8. The fraction of sp³-hybridized carbons (Fsp3) is 0.882. The average Bonchev–Trinajstić information content (AvgIpc) is 3.21. The number of amides is 1. The Morgan fingerprint density at radius 2 is 1.62 bits per heavy atom. The predicted molar refractivity (Wildman–Crippen MR) is 156 cm³/mol. The average molecular weight is 541 g/mol. The molecule has 220 valence electrons. The van der Waals surface area contributed by atoms with Gasteiger partial charge < -0.3 is 4.74 Å². The number of carbonyl (C=O) groups is 2. The van der Waals surface area contributed by atoms with Gasteiger partial charge >= 0.3 is 5.97 Å². The first-order valence-electron chi connectivity index (χ1n) is 16.0. The maximum atomic E-state index is 13.0. The Morgan fingerprint density at radius 1 is 0.897 bits per heavy atom. The molecule has 0 spiro atoms. The highest BCUT2D eigenvalue weighted by Crippen LogP contribution is 2.77. The van der Waals surface area contributed by atoms with Crippen LogP contribution in [-0.4, -0.2) is 25.0 Å². The summed E-state index contributed by atoms with van der Waals surface area (Å²) >= 11 is 0. The van der Waals surface area contributed by atoms with Crippen molar-refractivity contribution in [2.45, 2.75) is 132 Å². The van der Waals surface area contributed by atoms with Crippen LogP contribution in [0.5, 0.6) is 0 Å². The van der Waals surface area contributed by atoms with E-state index in [1.54, 1.807) is 25.1 Å². The van der Waals surface area contributed by atoms with E-state index in [4.69, 9.17) is 4.74 Å². The Labute approximate surface area is 238 Å². The van der Waals surface area contributed by atoms with E-state index in [0.29, 0.717) is 30.1 Å². The van der Waals surface area contributed by atoms with Crippen LogP contribution in [0.2, 0.25) is 0 Å². The molecule has 0 saturated heterocycles. The van der Waals surface area contributed by atoms with Crippen LogP contribution in [0.15, 0.2) is 11.1 Å². The molecule has 0 aromatic carbocycles. The Kier molecular flexibility index (Phi) is 7.17. The number of esters is 1. The van der Waals surface area contributed by atoms with Gasteiger partial charge in [-0.3, -0.25) is 15.0 Å². The first kappa shape index (κ1) is 29.1. The normalized spacial score (nSPS) is 44.7. The summed E-state index contributed by atoms with van der Waals surface area (Å²) in [6, 6.07) is 0. The molecule has 2 N–H and O–H groups in total. The molecule has 5 aliphatic rings. The van der Waals surface area contributed by atoms with Crippen molar-refractivity contribution in [1.82, 2.24) is 10.9 Å². The zero-order valence-corrected chi connectivity index (χ0v) is 26.4. The van der Waals surface area contributed by atoms with Gasteiger partial charge in [0.15, 0.2) is 0 Å². The lowest BCUT2D eigenvalue weighted by Gasteiger charge is -2.72. The monoisotopic (exact) mass is 540 g/mol. The summed E-state index contributed by atoms with van der Waals surface area (Å²) in [6.45, 7) is 19.0. The summed E-state index contributed by atoms with van der Waals surface area (Å²) in [6.07, 6.45) is 12.5. The molecule has 5 heteroatoms. The zero-order chi connectivity index (χ0) is 28.6. The smallest absolute Gasteiger partial charge is 0.302 e. The minimum atomic E-state index is -0.134. The summed E-state index contributed by atoms with van der Waals surface area (Å²) < 4.78 is 5.93. The molecule has 1 amide bonds. The number of allylic oxidation sites excluding steroid dienone is 2. The lowest BCUT2D eigenvalue weighted by Crippen LogP contribution is -2.65. The van der Waals surface area contributed by atoms with Crippen LogP contribution in [0.3, 0.4) is 0 Å². The minimum absolute atomic E-state index is 0.00105. The number of rotatable bonds is 5. The lowest BCUT2D eigenvalue weighted by molar-refractivity contribution is -0.232. The summed E-state index contributed by atoms with van der Waals surface area (Å²) in [7, 11) is 1.79. The Hall–Kier alpha value is -1.36. The van der Waals surface area contributed by atoms with Gasteiger partial charge in [-0.25, -0.2) is 5.43 Å². The minimum Gasteiger partial charge on any atom is -0.462 e. The molecule has 0 radical (unpaired) electrons. The molecule has 0 aromatic rings. The number of ether oxygens (including phenoxy) is 1. The van der Waals surface area contributed by atoms with Gasteiger partial charge in [-0.1, -0.05) is 59.6 Å². The molecule has 0 aromatic heterocycles. The number of hydrogen-bond acceptors (Lipinski definition) is 4. The van der Waals surface area contributed by atoms with Crippen molar-refractivity contribution < 1.29 is 14.3 Å². The van der Waals surface area contributed by atoms with Crippen molar-refractivity contribution in [3.05, 3.63) is 11.1 Å². The molecule has 0 unspecified atom stereocenters. The van der Waals surface area contributed by atoms with Crippen LogP contribution in [0.1, 0.15) is 126 Å². The Bertz CT molecular complexity index is 1050. The maximum Gasteiger partial charge on any atom is 0.302 e. The van der Waals surface area contributed by atoms with E-state index in [9.17, 15) is 9.59 Å². The second kappa shape index (κ2) is 9.60. The van der Waals surface area contributed by atoms with Crippen molar-refractivity contribution in [3.63, 3.8) is 0 Å². The SMILES string of the molecule is CNNC(=O)C[C@]12CCC(C(C)C)=C1[C@H]1CC[C@@H]3[C@@]4(C)CC[C@H](OC(C)=O)C(C)(C)[C@@H]4CC[C@@]3(C)[C@]1(C)CC2. The quantitative estimate of drug-likeness (QED) is 0.217. The Morgan fingerprint density at radius 3 is 2.26 bits per heavy atom. The van der Waals surface area contributed by atoms with Gasteiger partial charge in [0.2, 0.25) is 5.91 Å². The van der Waals surface area contributed by atoms with Crippen molar-refractivity contribution in [2.24, 2.45) is 50.7 Å². The fourth-order valence-corrected chi connectivity index (χ4v) is 11.9.